The van der Waals surface area contributed by atoms with E-state index in [0.717, 1.165) is 23.4 Å². The van der Waals surface area contributed by atoms with E-state index in [0.29, 0.717) is 0 Å². The van der Waals surface area contributed by atoms with Crippen LogP contribution in [0.4, 0.5) is 0 Å². The smallest absolute Gasteiger partial charge is 0.264 e. The van der Waals surface area contributed by atoms with Crippen molar-refractivity contribution in [3.05, 3.63) is 79.0 Å². The van der Waals surface area contributed by atoms with Crippen molar-refractivity contribution in [2.45, 2.75) is 6.54 Å². The Morgan fingerprint density at radius 3 is 2.76 bits per heavy atom. The van der Waals surface area contributed by atoms with Crippen LogP contribution in [-0.4, -0.2) is 18.9 Å². The minimum Gasteiger partial charge on any atom is -0.264 e. The SMILES string of the molecule is c1ccc(-n2c3[n+](c4cc5ccncn5c42)Cc2cnccc2-3)cc1. The summed E-state index contributed by atoms with van der Waals surface area (Å²) in [5.74, 6) is 1.20. The van der Waals surface area contributed by atoms with Crippen molar-refractivity contribution >= 4 is 16.7 Å². The highest BCUT2D eigenvalue weighted by Gasteiger charge is 2.36. The number of benzene rings is 1. The molecule has 25 heavy (non-hydrogen) atoms. The predicted octanol–water partition coefficient (Wildman–Crippen LogP) is 2.99. The minimum atomic E-state index is 0.846. The molecule has 5 nitrogen and oxygen atoms in total. The second-order valence-corrected chi connectivity index (χ2v) is 6.34. The predicted molar refractivity (Wildman–Crippen MR) is 94.6 cm³/mol. The highest BCUT2D eigenvalue weighted by Crippen LogP contribution is 2.34. The zero-order valence-electron chi connectivity index (χ0n) is 13.4. The molecular formula is C20H14N5+. The minimum absolute atomic E-state index is 0.846. The molecule has 0 bridgehead atoms. The summed E-state index contributed by atoms with van der Waals surface area (Å²) in [6, 6.07) is 16.9. The van der Waals surface area contributed by atoms with Gasteiger partial charge in [0.1, 0.15) is 18.6 Å². The van der Waals surface area contributed by atoms with Gasteiger partial charge in [-0.05, 0) is 24.3 Å². The first-order chi connectivity index (χ1) is 12.4. The average Bonchev–Trinajstić information content (AvgIpc) is 3.30. The summed E-state index contributed by atoms with van der Waals surface area (Å²) in [6.45, 7) is 0.846. The van der Waals surface area contributed by atoms with Gasteiger partial charge in [-0.15, -0.1) is 0 Å². The Labute approximate surface area is 143 Å². The van der Waals surface area contributed by atoms with Gasteiger partial charge in [0, 0.05) is 30.2 Å². The maximum Gasteiger partial charge on any atom is 0.297 e. The van der Waals surface area contributed by atoms with E-state index in [1.165, 1.54) is 22.5 Å². The molecule has 118 valence electrons. The molecule has 1 aliphatic rings. The molecule has 0 N–H and O–H groups in total. The number of rotatable bonds is 1. The van der Waals surface area contributed by atoms with Gasteiger partial charge in [-0.1, -0.05) is 18.2 Å². The van der Waals surface area contributed by atoms with Crippen molar-refractivity contribution in [2.24, 2.45) is 0 Å². The summed E-state index contributed by atoms with van der Waals surface area (Å²) in [5.41, 5.74) is 7.16. The Kier molecular flexibility index (Phi) is 2.34. The van der Waals surface area contributed by atoms with Crippen LogP contribution in [0.15, 0.2) is 73.4 Å². The molecule has 6 rings (SSSR count). The maximum atomic E-state index is 4.33. The molecule has 0 amide bonds. The first-order valence-electron chi connectivity index (χ1n) is 8.30. The van der Waals surface area contributed by atoms with E-state index < -0.39 is 0 Å². The summed E-state index contributed by atoms with van der Waals surface area (Å²) in [5, 5.41) is 0. The quantitative estimate of drug-likeness (QED) is 0.436. The van der Waals surface area contributed by atoms with Gasteiger partial charge in [0.05, 0.1) is 11.1 Å². The molecule has 0 spiro atoms. The molecule has 0 unspecified atom stereocenters. The summed E-state index contributed by atoms with van der Waals surface area (Å²) in [6.07, 6.45) is 7.57. The van der Waals surface area contributed by atoms with E-state index in [9.17, 15) is 0 Å². The molecule has 1 aliphatic heterocycles. The average molecular weight is 324 g/mol. The molecule has 5 heteroatoms. The fraction of sp³-hybridized carbons (Fsp3) is 0.0500. The van der Waals surface area contributed by atoms with Gasteiger partial charge in [-0.2, -0.15) is 4.57 Å². The van der Waals surface area contributed by atoms with Crippen molar-refractivity contribution in [3.63, 3.8) is 0 Å². The van der Waals surface area contributed by atoms with Crippen LogP contribution in [-0.2, 0) is 6.54 Å². The summed E-state index contributed by atoms with van der Waals surface area (Å²) in [7, 11) is 0. The normalized spacial score (nSPS) is 12.6. The number of nitrogens with zero attached hydrogens (tertiary/aromatic N) is 5. The Balaban J connectivity index is 1.84. The van der Waals surface area contributed by atoms with E-state index in [1.807, 2.05) is 37.1 Å². The third-order valence-corrected chi connectivity index (χ3v) is 4.99. The number of aromatic nitrogens is 5. The van der Waals surface area contributed by atoms with Crippen molar-refractivity contribution < 1.29 is 4.57 Å². The number of hydrogen-bond donors (Lipinski definition) is 0. The zero-order valence-corrected chi connectivity index (χ0v) is 13.4. The van der Waals surface area contributed by atoms with E-state index in [1.54, 1.807) is 0 Å². The van der Waals surface area contributed by atoms with E-state index in [-0.39, 0.29) is 0 Å². The summed E-state index contributed by atoms with van der Waals surface area (Å²) < 4.78 is 6.87. The largest absolute Gasteiger partial charge is 0.297 e. The fourth-order valence-corrected chi connectivity index (χ4v) is 3.94. The number of imidazole rings is 1. The van der Waals surface area contributed by atoms with Crippen LogP contribution in [0.2, 0.25) is 0 Å². The number of hydrogen-bond acceptors (Lipinski definition) is 2. The van der Waals surface area contributed by atoms with Gasteiger partial charge < -0.3 is 0 Å². The lowest BCUT2D eigenvalue weighted by molar-refractivity contribution is -0.645. The Morgan fingerprint density at radius 1 is 0.960 bits per heavy atom. The molecule has 5 heterocycles. The van der Waals surface area contributed by atoms with Crippen LogP contribution in [0.3, 0.4) is 0 Å². The van der Waals surface area contributed by atoms with Crippen LogP contribution in [0.1, 0.15) is 5.56 Å². The third-order valence-electron chi connectivity index (χ3n) is 4.99. The lowest BCUT2D eigenvalue weighted by Crippen LogP contribution is -2.31. The highest BCUT2D eigenvalue weighted by atomic mass is 15.2. The van der Waals surface area contributed by atoms with Crippen LogP contribution < -0.4 is 4.57 Å². The molecule has 0 atom stereocenters. The van der Waals surface area contributed by atoms with Crippen molar-refractivity contribution in [1.29, 1.82) is 0 Å². The topological polar surface area (TPSA) is 39.0 Å². The van der Waals surface area contributed by atoms with Crippen LogP contribution >= 0.6 is 0 Å². The van der Waals surface area contributed by atoms with E-state index in [2.05, 4.69) is 59.9 Å². The molecule has 0 fully saturated rings. The summed E-state index contributed by atoms with van der Waals surface area (Å²) in [4.78, 5) is 8.63. The van der Waals surface area contributed by atoms with E-state index in [4.69, 9.17) is 0 Å². The molecule has 0 aliphatic carbocycles. The van der Waals surface area contributed by atoms with Gasteiger partial charge in [0.2, 0.25) is 0 Å². The fourth-order valence-electron chi connectivity index (χ4n) is 3.94. The van der Waals surface area contributed by atoms with Gasteiger partial charge in [-0.25, -0.2) is 9.55 Å². The number of para-hydroxylation sites is 1. The van der Waals surface area contributed by atoms with Gasteiger partial charge in [-0.3, -0.25) is 9.38 Å². The van der Waals surface area contributed by atoms with Crippen LogP contribution in [0, 0.1) is 0 Å². The van der Waals surface area contributed by atoms with Crippen LogP contribution in [0.5, 0.6) is 0 Å². The van der Waals surface area contributed by atoms with E-state index >= 15 is 0 Å². The Bertz CT molecular complexity index is 1260. The monoisotopic (exact) mass is 324 g/mol. The zero-order chi connectivity index (χ0) is 16.4. The van der Waals surface area contributed by atoms with Crippen molar-refractivity contribution in [2.75, 3.05) is 0 Å². The Hall–Kier alpha value is -3.47. The van der Waals surface area contributed by atoms with Crippen LogP contribution in [0.25, 0.3) is 33.8 Å². The molecule has 4 aromatic heterocycles. The first kappa shape index (κ1) is 12.9. The second-order valence-electron chi connectivity index (χ2n) is 6.34. The number of pyridine rings is 1. The Morgan fingerprint density at radius 2 is 1.84 bits per heavy atom. The molecule has 0 saturated heterocycles. The molecule has 0 radical (unpaired) electrons. The molecule has 0 saturated carbocycles. The maximum absolute atomic E-state index is 4.33. The second kappa shape index (κ2) is 4.54. The number of fused-ring (bicyclic) bond motifs is 7. The lowest BCUT2D eigenvalue weighted by Gasteiger charge is -2.02. The molecular weight excluding hydrogens is 310 g/mol. The van der Waals surface area contributed by atoms with Gasteiger partial charge >= 0.3 is 0 Å². The first-order valence-corrected chi connectivity index (χ1v) is 8.30. The standard InChI is InChI=1S/C20H14N5/c1-2-4-15(5-3-1)25-19-17-7-9-21-11-14(17)12-23(19)18-10-16-6-8-22-13-24(16)20(18)25/h1-11,13H,12H2/q+1. The lowest BCUT2D eigenvalue weighted by atomic mass is 10.1. The van der Waals surface area contributed by atoms with Gasteiger partial charge in [0.25, 0.3) is 11.5 Å². The van der Waals surface area contributed by atoms with Gasteiger partial charge in [0.15, 0.2) is 5.52 Å². The molecule has 5 aromatic rings. The molecule has 1 aromatic carbocycles. The van der Waals surface area contributed by atoms with Crippen molar-refractivity contribution in [1.82, 2.24) is 18.9 Å². The highest BCUT2D eigenvalue weighted by molar-refractivity contribution is 5.84. The van der Waals surface area contributed by atoms with Crippen molar-refractivity contribution in [3.8, 4) is 17.1 Å². The summed E-state index contributed by atoms with van der Waals surface area (Å²) >= 11 is 0. The third kappa shape index (κ3) is 1.59.